The van der Waals surface area contributed by atoms with Crippen LogP contribution < -0.4 is 14.8 Å². The number of carbonyl (C=O) groups excluding carboxylic acids is 1. The van der Waals surface area contributed by atoms with E-state index >= 15 is 0 Å². The fourth-order valence-corrected chi connectivity index (χ4v) is 4.06. The third-order valence-electron chi connectivity index (χ3n) is 5.95. The Morgan fingerprint density at radius 2 is 1.71 bits per heavy atom. The molecule has 182 valence electrons. The summed E-state index contributed by atoms with van der Waals surface area (Å²) in [5.41, 5.74) is 3.20. The minimum atomic E-state index is -1.36. The van der Waals surface area contributed by atoms with E-state index < -0.39 is 12.3 Å². The molecule has 2 aliphatic heterocycles. The first-order valence-electron chi connectivity index (χ1n) is 11.2. The fourth-order valence-electron chi connectivity index (χ4n) is 4.06. The molecule has 1 unspecified atom stereocenters. The molecular formula is C25H31N3O6. The lowest BCUT2D eigenvalue weighted by molar-refractivity contribution is -0.141. The Kier molecular flexibility index (Phi) is 8.02. The lowest BCUT2D eigenvalue weighted by Crippen LogP contribution is -2.45. The maximum atomic E-state index is 11.9. The van der Waals surface area contributed by atoms with E-state index in [1.165, 1.54) is 26.0 Å². The van der Waals surface area contributed by atoms with Crippen LogP contribution in [0.25, 0.3) is 0 Å². The van der Waals surface area contributed by atoms with Crippen molar-refractivity contribution >= 4 is 11.7 Å². The van der Waals surface area contributed by atoms with E-state index in [1.54, 1.807) is 0 Å². The molecule has 0 aromatic heterocycles. The highest BCUT2D eigenvalue weighted by Gasteiger charge is 2.20. The van der Waals surface area contributed by atoms with Crippen LogP contribution in [0.3, 0.4) is 0 Å². The Bertz CT molecular complexity index is 1020. The molecule has 1 fully saturated rings. The Labute approximate surface area is 199 Å². The molecular weight excluding hydrogens is 438 g/mol. The van der Waals surface area contributed by atoms with Crippen molar-refractivity contribution in [2.45, 2.75) is 19.4 Å². The van der Waals surface area contributed by atoms with Crippen LogP contribution >= 0.6 is 0 Å². The van der Waals surface area contributed by atoms with Crippen molar-refractivity contribution in [1.82, 2.24) is 9.80 Å². The Balaban J connectivity index is 1.29. The molecule has 0 amide bonds. The lowest BCUT2D eigenvalue weighted by Gasteiger charge is -2.34. The summed E-state index contributed by atoms with van der Waals surface area (Å²) >= 11 is 0. The zero-order valence-electron chi connectivity index (χ0n) is 19.5. The number of ether oxygens (including phenoxy) is 4. The first-order chi connectivity index (χ1) is 16.6. The van der Waals surface area contributed by atoms with Crippen LogP contribution in [0.2, 0.25) is 0 Å². The van der Waals surface area contributed by atoms with E-state index in [0.717, 1.165) is 62.0 Å². The van der Waals surface area contributed by atoms with Crippen LogP contribution in [-0.2, 0) is 27.4 Å². The van der Waals surface area contributed by atoms with Gasteiger partial charge in [0.1, 0.15) is 5.57 Å². The van der Waals surface area contributed by atoms with Crippen molar-refractivity contribution in [3.63, 3.8) is 0 Å². The van der Waals surface area contributed by atoms with Gasteiger partial charge in [-0.1, -0.05) is 18.2 Å². The molecule has 2 aromatic rings. The van der Waals surface area contributed by atoms with Crippen molar-refractivity contribution in [2.75, 3.05) is 52.5 Å². The van der Waals surface area contributed by atoms with Gasteiger partial charge in [0.25, 0.3) is 0 Å². The van der Waals surface area contributed by atoms with Crippen molar-refractivity contribution in [2.24, 2.45) is 0 Å². The van der Waals surface area contributed by atoms with E-state index in [-0.39, 0.29) is 5.57 Å². The summed E-state index contributed by atoms with van der Waals surface area (Å²) < 4.78 is 20.4. The SMILES string of the molecule is COC(=O)/C(=C/Nc1cccc(CN2CCN(Cc3ccc4c(c3)OCO4)CC2)c1)C(O)OC. The summed E-state index contributed by atoms with van der Waals surface area (Å²) in [5, 5.41) is 12.9. The summed E-state index contributed by atoms with van der Waals surface area (Å²) in [5.74, 6) is 0.990. The molecule has 0 bridgehead atoms. The van der Waals surface area contributed by atoms with Gasteiger partial charge in [0.15, 0.2) is 17.8 Å². The smallest absolute Gasteiger partial charge is 0.340 e. The summed E-state index contributed by atoms with van der Waals surface area (Å²) in [6.45, 7) is 5.97. The minimum Gasteiger partial charge on any atom is -0.465 e. The van der Waals surface area contributed by atoms with Gasteiger partial charge in [0.05, 0.1) is 7.11 Å². The van der Waals surface area contributed by atoms with Crippen molar-refractivity contribution in [3.8, 4) is 11.5 Å². The lowest BCUT2D eigenvalue weighted by atomic mass is 10.1. The molecule has 0 aliphatic carbocycles. The molecule has 2 aliphatic rings. The normalized spacial score (nSPS) is 17.4. The molecule has 2 aromatic carbocycles. The minimum absolute atomic E-state index is 0.00557. The molecule has 34 heavy (non-hydrogen) atoms. The third kappa shape index (κ3) is 6.06. The van der Waals surface area contributed by atoms with Crippen molar-refractivity contribution in [1.29, 1.82) is 0 Å². The van der Waals surface area contributed by atoms with Gasteiger partial charge in [-0.15, -0.1) is 0 Å². The van der Waals surface area contributed by atoms with Gasteiger partial charge >= 0.3 is 5.97 Å². The van der Waals surface area contributed by atoms with Gasteiger partial charge in [-0.05, 0) is 35.4 Å². The third-order valence-corrected chi connectivity index (χ3v) is 5.95. The molecule has 0 spiro atoms. The zero-order valence-corrected chi connectivity index (χ0v) is 19.5. The highest BCUT2D eigenvalue weighted by atomic mass is 16.7. The highest BCUT2D eigenvalue weighted by Crippen LogP contribution is 2.32. The van der Waals surface area contributed by atoms with Crippen molar-refractivity contribution < 1.29 is 28.8 Å². The number of anilines is 1. The van der Waals surface area contributed by atoms with Gasteiger partial charge < -0.3 is 29.4 Å². The number of esters is 1. The predicted octanol–water partition coefficient (Wildman–Crippen LogP) is 2.17. The standard InChI is InChI=1S/C25H31N3O6/c1-31-24(29)21(25(30)32-2)14-26-20-5-3-4-18(12-20)15-27-8-10-28(11-9-27)16-19-6-7-22-23(13-19)34-17-33-22/h3-7,12-14,24,26,29H,8-11,15-17H2,1-2H3/b21-14+. The molecule has 2 N–H and O–H groups in total. The first kappa shape index (κ1) is 24.0. The molecule has 1 saturated heterocycles. The molecule has 9 nitrogen and oxygen atoms in total. The van der Waals surface area contributed by atoms with E-state index in [0.29, 0.717) is 6.79 Å². The summed E-state index contributed by atoms with van der Waals surface area (Å²) in [7, 11) is 2.57. The van der Waals surface area contributed by atoms with E-state index in [1.807, 2.05) is 24.3 Å². The van der Waals surface area contributed by atoms with Gasteiger partial charge in [0.2, 0.25) is 6.79 Å². The number of benzene rings is 2. The summed E-state index contributed by atoms with van der Waals surface area (Å²) in [6.07, 6.45) is 0.0469. The topological polar surface area (TPSA) is 92.7 Å². The first-order valence-corrected chi connectivity index (χ1v) is 11.2. The Morgan fingerprint density at radius 1 is 1.03 bits per heavy atom. The second-order valence-corrected chi connectivity index (χ2v) is 8.26. The average molecular weight is 470 g/mol. The largest absolute Gasteiger partial charge is 0.465 e. The molecule has 0 saturated carbocycles. The van der Waals surface area contributed by atoms with E-state index in [4.69, 9.17) is 18.9 Å². The summed E-state index contributed by atoms with van der Waals surface area (Å²) in [6, 6.07) is 14.1. The molecule has 4 rings (SSSR count). The Morgan fingerprint density at radius 3 is 2.38 bits per heavy atom. The van der Waals surface area contributed by atoms with Gasteiger partial charge in [-0.25, -0.2) is 4.79 Å². The van der Waals surface area contributed by atoms with Crippen LogP contribution in [0.5, 0.6) is 11.5 Å². The number of piperazine rings is 1. The van der Waals surface area contributed by atoms with Crippen LogP contribution in [0.15, 0.2) is 54.2 Å². The number of nitrogens with one attached hydrogen (secondary N) is 1. The van der Waals surface area contributed by atoms with Gasteiger partial charge in [-0.3, -0.25) is 9.80 Å². The number of aliphatic hydroxyl groups is 1. The zero-order chi connectivity index (χ0) is 23.9. The highest BCUT2D eigenvalue weighted by molar-refractivity contribution is 5.89. The number of carbonyl (C=O) groups is 1. The number of rotatable bonds is 9. The number of nitrogens with zero attached hydrogens (tertiary/aromatic N) is 2. The maximum absolute atomic E-state index is 11.9. The number of hydrogen-bond acceptors (Lipinski definition) is 9. The Hall–Kier alpha value is -3.11. The van der Waals surface area contributed by atoms with Crippen LogP contribution in [0, 0.1) is 0 Å². The monoisotopic (exact) mass is 469 g/mol. The molecule has 9 heteroatoms. The van der Waals surface area contributed by atoms with Crippen LogP contribution in [0.4, 0.5) is 5.69 Å². The van der Waals surface area contributed by atoms with Crippen LogP contribution in [0.1, 0.15) is 11.1 Å². The quantitative estimate of drug-likeness (QED) is 0.326. The van der Waals surface area contributed by atoms with Gasteiger partial charge in [0, 0.05) is 58.3 Å². The summed E-state index contributed by atoms with van der Waals surface area (Å²) in [4.78, 5) is 16.7. The number of hydrogen-bond donors (Lipinski definition) is 2. The molecule has 2 heterocycles. The number of fused-ring (bicyclic) bond motifs is 1. The average Bonchev–Trinajstić information content (AvgIpc) is 3.33. The van der Waals surface area contributed by atoms with Crippen LogP contribution in [-0.4, -0.2) is 74.4 Å². The maximum Gasteiger partial charge on any atom is 0.340 e. The van der Waals surface area contributed by atoms with Crippen molar-refractivity contribution in [3.05, 3.63) is 65.4 Å². The second kappa shape index (κ2) is 11.3. The van der Waals surface area contributed by atoms with E-state index in [2.05, 4.69) is 33.3 Å². The predicted molar refractivity (Wildman–Crippen MR) is 126 cm³/mol. The number of methoxy groups -OCH3 is 2. The van der Waals surface area contributed by atoms with E-state index in [9.17, 15) is 9.90 Å². The number of aliphatic hydroxyl groups excluding tert-OH is 1. The second-order valence-electron chi connectivity index (χ2n) is 8.26. The molecule has 1 atom stereocenters. The van der Waals surface area contributed by atoms with Gasteiger partial charge in [-0.2, -0.15) is 0 Å². The molecule has 0 radical (unpaired) electrons. The fraction of sp³-hybridized carbons (Fsp3) is 0.400.